The second kappa shape index (κ2) is 5.48. The van der Waals surface area contributed by atoms with Crippen molar-refractivity contribution in [3.05, 3.63) is 17.2 Å². The fourth-order valence-corrected chi connectivity index (χ4v) is 5.10. The summed E-state index contributed by atoms with van der Waals surface area (Å²) in [6.45, 7) is 3.93. The highest BCUT2D eigenvalue weighted by molar-refractivity contribution is 7.91. The fourth-order valence-electron chi connectivity index (χ4n) is 3.42. The lowest BCUT2D eigenvalue weighted by Gasteiger charge is -2.27. The van der Waals surface area contributed by atoms with E-state index in [1.54, 1.807) is 0 Å². The summed E-state index contributed by atoms with van der Waals surface area (Å²) in [5.41, 5.74) is 2.40. The summed E-state index contributed by atoms with van der Waals surface area (Å²) in [5, 5.41) is 3.35. The van der Waals surface area contributed by atoms with Gasteiger partial charge in [0.25, 0.3) is 0 Å². The monoisotopic (exact) mass is 297 g/mol. The van der Waals surface area contributed by atoms with E-state index in [4.69, 9.17) is 4.98 Å². The van der Waals surface area contributed by atoms with Crippen LogP contribution in [0.4, 0.5) is 0 Å². The van der Waals surface area contributed by atoms with Crippen molar-refractivity contribution in [2.45, 2.75) is 51.6 Å². The van der Waals surface area contributed by atoms with Gasteiger partial charge in [0.15, 0.2) is 9.84 Å². The molecule has 3 heterocycles. The van der Waals surface area contributed by atoms with E-state index in [0.717, 1.165) is 56.7 Å². The van der Waals surface area contributed by atoms with Crippen LogP contribution in [0.2, 0.25) is 0 Å². The van der Waals surface area contributed by atoms with Crippen molar-refractivity contribution in [3.8, 4) is 0 Å². The third-order valence-corrected chi connectivity index (χ3v) is 6.08. The number of aromatic nitrogens is 2. The molecule has 1 saturated heterocycles. The van der Waals surface area contributed by atoms with E-state index in [1.165, 1.54) is 5.69 Å². The summed E-state index contributed by atoms with van der Waals surface area (Å²) in [6.07, 6.45) is 4.69. The van der Waals surface area contributed by atoms with E-state index in [0.29, 0.717) is 11.5 Å². The van der Waals surface area contributed by atoms with Crippen molar-refractivity contribution in [1.82, 2.24) is 14.9 Å². The van der Waals surface area contributed by atoms with Gasteiger partial charge in [-0.25, -0.2) is 13.4 Å². The Balaban J connectivity index is 2.00. The van der Waals surface area contributed by atoms with Crippen LogP contribution in [0.1, 0.15) is 49.4 Å². The first kappa shape index (κ1) is 14.1. The van der Waals surface area contributed by atoms with Gasteiger partial charge in [0.1, 0.15) is 5.82 Å². The zero-order valence-corrected chi connectivity index (χ0v) is 12.9. The molecule has 0 aliphatic carbocycles. The highest BCUT2D eigenvalue weighted by Crippen LogP contribution is 2.29. The minimum Gasteiger partial charge on any atom is -0.328 e. The number of rotatable bonds is 3. The predicted octanol–water partition coefficient (Wildman–Crippen LogP) is 1.23. The first-order valence-corrected chi connectivity index (χ1v) is 9.43. The second-order valence-electron chi connectivity index (χ2n) is 5.88. The number of hydrogen-bond acceptors (Lipinski definition) is 4. The lowest BCUT2D eigenvalue weighted by molar-refractivity contribution is 0.440. The van der Waals surface area contributed by atoms with Gasteiger partial charge in [-0.15, -0.1) is 0 Å². The topological polar surface area (TPSA) is 64.0 Å². The molecule has 1 fully saturated rings. The van der Waals surface area contributed by atoms with Crippen LogP contribution >= 0.6 is 0 Å². The van der Waals surface area contributed by atoms with Crippen LogP contribution in [-0.2, 0) is 29.2 Å². The highest BCUT2D eigenvalue weighted by Gasteiger charge is 2.30. The summed E-state index contributed by atoms with van der Waals surface area (Å²) in [7, 11) is -2.88. The molecular weight excluding hydrogens is 274 g/mol. The normalized spacial score (nSPS) is 25.4. The Morgan fingerprint density at radius 2 is 2.30 bits per heavy atom. The van der Waals surface area contributed by atoms with Gasteiger partial charge in [-0.2, -0.15) is 0 Å². The van der Waals surface area contributed by atoms with Gasteiger partial charge in [-0.1, -0.05) is 6.92 Å². The molecule has 5 nitrogen and oxygen atoms in total. The van der Waals surface area contributed by atoms with E-state index >= 15 is 0 Å². The van der Waals surface area contributed by atoms with E-state index in [2.05, 4.69) is 16.8 Å². The molecule has 1 aromatic heterocycles. The maximum Gasteiger partial charge on any atom is 0.152 e. The smallest absolute Gasteiger partial charge is 0.152 e. The Kier molecular flexibility index (Phi) is 3.86. The van der Waals surface area contributed by atoms with E-state index < -0.39 is 9.84 Å². The SMILES string of the molecule is CCCc1nc2c(n1C1CCCS(=O)(=O)C1)CCNC2. The average molecular weight is 297 g/mol. The van der Waals surface area contributed by atoms with Crippen molar-refractivity contribution in [3.63, 3.8) is 0 Å². The van der Waals surface area contributed by atoms with Crippen molar-refractivity contribution in [2.24, 2.45) is 0 Å². The predicted molar refractivity (Wildman–Crippen MR) is 78.6 cm³/mol. The summed E-state index contributed by atoms with van der Waals surface area (Å²) >= 11 is 0. The van der Waals surface area contributed by atoms with Crippen molar-refractivity contribution >= 4 is 9.84 Å². The number of fused-ring (bicyclic) bond motifs is 1. The molecule has 6 heteroatoms. The summed E-state index contributed by atoms with van der Waals surface area (Å²) in [4.78, 5) is 4.77. The molecule has 1 aromatic rings. The number of hydrogen-bond donors (Lipinski definition) is 1. The minimum atomic E-state index is -2.88. The molecule has 0 radical (unpaired) electrons. The number of imidazole rings is 1. The van der Waals surface area contributed by atoms with Crippen molar-refractivity contribution in [1.29, 1.82) is 0 Å². The van der Waals surface area contributed by atoms with Gasteiger partial charge in [0, 0.05) is 37.7 Å². The maximum atomic E-state index is 11.9. The second-order valence-corrected chi connectivity index (χ2v) is 8.11. The maximum absolute atomic E-state index is 11.9. The van der Waals surface area contributed by atoms with E-state index in [1.807, 2.05) is 0 Å². The lowest BCUT2D eigenvalue weighted by atomic mass is 10.1. The van der Waals surface area contributed by atoms with Crippen LogP contribution in [0.15, 0.2) is 0 Å². The Hall–Kier alpha value is -0.880. The summed E-state index contributed by atoms with van der Waals surface area (Å²) in [6, 6.07) is 0.102. The molecule has 0 amide bonds. The highest BCUT2D eigenvalue weighted by atomic mass is 32.2. The molecule has 1 unspecified atom stereocenters. The van der Waals surface area contributed by atoms with Crippen LogP contribution in [0.25, 0.3) is 0 Å². The molecule has 20 heavy (non-hydrogen) atoms. The number of nitrogens with one attached hydrogen (secondary N) is 1. The van der Waals surface area contributed by atoms with Crippen LogP contribution in [0, 0.1) is 0 Å². The molecule has 112 valence electrons. The molecule has 2 aliphatic heterocycles. The molecule has 1 N–H and O–H groups in total. The zero-order valence-electron chi connectivity index (χ0n) is 12.1. The molecule has 0 aromatic carbocycles. The minimum absolute atomic E-state index is 0.102. The van der Waals surface area contributed by atoms with Crippen LogP contribution in [-0.4, -0.2) is 36.0 Å². The largest absolute Gasteiger partial charge is 0.328 e. The quantitative estimate of drug-likeness (QED) is 0.911. The van der Waals surface area contributed by atoms with Gasteiger partial charge in [0.05, 0.1) is 17.2 Å². The molecule has 0 bridgehead atoms. The number of sulfone groups is 1. The van der Waals surface area contributed by atoms with Gasteiger partial charge in [-0.05, 0) is 19.3 Å². The molecule has 3 rings (SSSR count). The van der Waals surface area contributed by atoms with Gasteiger partial charge in [-0.3, -0.25) is 0 Å². The first-order valence-electron chi connectivity index (χ1n) is 7.60. The lowest BCUT2D eigenvalue weighted by Crippen LogP contribution is -2.31. The molecular formula is C14H23N3O2S. The van der Waals surface area contributed by atoms with Gasteiger partial charge in [0.2, 0.25) is 0 Å². The molecule has 0 spiro atoms. The molecule has 0 saturated carbocycles. The zero-order chi connectivity index (χ0) is 14.2. The van der Waals surface area contributed by atoms with Crippen molar-refractivity contribution in [2.75, 3.05) is 18.1 Å². The Labute approximate surface area is 120 Å². The number of nitrogens with zero attached hydrogens (tertiary/aromatic N) is 2. The van der Waals surface area contributed by atoms with Crippen LogP contribution < -0.4 is 5.32 Å². The van der Waals surface area contributed by atoms with Gasteiger partial charge >= 0.3 is 0 Å². The van der Waals surface area contributed by atoms with Crippen LogP contribution in [0.3, 0.4) is 0 Å². The Bertz CT molecular complexity index is 592. The van der Waals surface area contributed by atoms with Gasteiger partial charge < -0.3 is 9.88 Å². The summed E-state index contributed by atoms with van der Waals surface area (Å²) < 4.78 is 26.2. The first-order chi connectivity index (χ1) is 9.61. The third kappa shape index (κ3) is 2.63. The van der Waals surface area contributed by atoms with E-state index in [9.17, 15) is 8.42 Å². The van der Waals surface area contributed by atoms with E-state index in [-0.39, 0.29) is 6.04 Å². The Morgan fingerprint density at radius 1 is 1.45 bits per heavy atom. The van der Waals surface area contributed by atoms with Crippen molar-refractivity contribution < 1.29 is 8.42 Å². The molecule has 2 aliphatic rings. The standard InChI is InChI=1S/C14H23N3O2S/c1-2-4-14-16-12-9-15-7-6-13(12)17(14)11-5-3-8-20(18,19)10-11/h11,15H,2-10H2,1H3. The summed E-state index contributed by atoms with van der Waals surface area (Å²) in [5.74, 6) is 1.73. The fraction of sp³-hybridized carbons (Fsp3) is 0.786. The van der Waals surface area contributed by atoms with Crippen LogP contribution in [0.5, 0.6) is 0 Å². The molecule has 1 atom stereocenters. The Morgan fingerprint density at radius 3 is 3.05 bits per heavy atom. The average Bonchev–Trinajstić information content (AvgIpc) is 2.76. The third-order valence-electron chi connectivity index (χ3n) is 4.27. The number of aryl methyl sites for hydroxylation is 1.